The molecule has 1 aliphatic carbocycles. The van der Waals surface area contributed by atoms with Crippen LogP contribution in [0, 0.1) is 5.41 Å². The Balaban J connectivity index is 2.01. The highest BCUT2D eigenvalue weighted by molar-refractivity contribution is 7.90. The summed E-state index contributed by atoms with van der Waals surface area (Å²) >= 11 is 5.29. The fourth-order valence-electron chi connectivity index (χ4n) is 3.56. The third-order valence-corrected chi connectivity index (χ3v) is 6.75. The lowest BCUT2D eigenvalue weighted by Crippen LogP contribution is -2.50. The molecule has 2 aromatic carbocycles. The molecular weight excluding hydrogens is 374 g/mol. The minimum atomic E-state index is -3.84. The normalized spacial score (nSPS) is 17.3. The minimum absolute atomic E-state index is 0.0511. The summed E-state index contributed by atoms with van der Waals surface area (Å²) in [6.07, 6.45) is 2.28. The van der Waals surface area contributed by atoms with Gasteiger partial charge in [0.2, 0.25) is 0 Å². The molecule has 138 valence electrons. The number of ketones is 1. The third-order valence-electron chi connectivity index (χ3n) is 5.06. The van der Waals surface area contributed by atoms with Crippen molar-refractivity contribution in [2.45, 2.75) is 30.2 Å². The van der Waals surface area contributed by atoms with Gasteiger partial charge in [-0.1, -0.05) is 48.9 Å². The second kappa shape index (κ2) is 7.46. The Morgan fingerprint density at radius 3 is 2.35 bits per heavy atom. The average Bonchev–Trinajstić information content (AvgIpc) is 2.64. The van der Waals surface area contributed by atoms with Crippen molar-refractivity contribution >= 4 is 27.6 Å². The van der Waals surface area contributed by atoms with E-state index in [0.717, 1.165) is 12.0 Å². The Labute approximate surface area is 157 Å². The van der Waals surface area contributed by atoms with Gasteiger partial charge in [-0.15, -0.1) is 4.24 Å². The molecule has 0 bridgehead atoms. The molecule has 8 heteroatoms. The zero-order chi connectivity index (χ0) is 18.8. The van der Waals surface area contributed by atoms with Crippen molar-refractivity contribution in [1.82, 2.24) is 9.67 Å². The van der Waals surface area contributed by atoms with Gasteiger partial charge in [-0.05, 0) is 42.3 Å². The van der Waals surface area contributed by atoms with Gasteiger partial charge < -0.3 is 0 Å². The monoisotopic (exact) mass is 393 g/mol. The van der Waals surface area contributed by atoms with Crippen LogP contribution in [0.2, 0.25) is 0 Å². The maximum absolute atomic E-state index is 13.3. The summed E-state index contributed by atoms with van der Waals surface area (Å²) in [5.41, 5.74) is 3.35. The van der Waals surface area contributed by atoms with E-state index in [1.807, 2.05) is 30.3 Å². The Kier molecular flexibility index (Phi) is 5.45. The summed E-state index contributed by atoms with van der Waals surface area (Å²) in [6.45, 7) is 0. The number of nitrogens with one attached hydrogen (secondary N) is 2. The first-order chi connectivity index (χ1) is 12.4. The predicted octanol–water partition coefficient (Wildman–Crippen LogP) is 2.68. The van der Waals surface area contributed by atoms with Crippen molar-refractivity contribution in [3.63, 3.8) is 0 Å². The number of carbonyl (C=O) groups is 1. The number of hydrogen-bond donors (Lipinski definition) is 3. The molecule has 3 rings (SSSR count). The molecular formula is C18H20ClN3O3S. The van der Waals surface area contributed by atoms with Gasteiger partial charge >= 0.3 is 0 Å². The number of nitrogens with two attached hydrogens (primary N) is 1. The molecule has 0 radical (unpaired) electrons. The van der Waals surface area contributed by atoms with E-state index in [1.54, 1.807) is 10.3 Å². The van der Waals surface area contributed by atoms with E-state index in [9.17, 15) is 13.2 Å². The van der Waals surface area contributed by atoms with Crippen molar-refractivity contribution in [3.8, 4) is 0 Å². The number of hydrazine groups is 1. The molecule has 0 spiro atoms. The number of rotatable bonds is 7. The smallest absolute Gasteiger partial charge is 0.253 e. The Hall–Kier alpha value is -1.77. The van der Waals surface area contributed by atoms with Crippen LogP contribution < -0.4 is 15.5 Å². The lowest BCUT2D eigenvalue weighted by molar-refractivity contribution is 0.0449. The first-order valence-corrected chi connectivity index (χ1v) is 10.1. The van der Waals surface area contributed by atoms with Gasteiger partial charge in [-0.2, -0.15) is 0 Å². The molecule has 1 saturated carbocycles. The molecule has 4 N–H and O–H groups in total. The largest absolute Gasteiger partial charge is 0.293 e. The first kappa shape index (κ1) is 19.0. The number of halogens is 1. The van der Waals surface area contributed by atoms with Gasteiger partial charge in [0.05, 0.1) is 16.4 Å². The van der Waals surface area contributed by atoms with Gasteiger partial charge in [-0.25, -0.2) is 8.42 Å². The molecule has 26 heavy (non-hydrogen) atoms. The fraction of sp³-hybridized carbons (Fsp3) is 0.278. The zero-order valence-electron chi connectivity index (χ0n) is 14.0. The van der Waals surface area contributed by atoms with Crippen molar-refractivity contribution in [2.24, 2.45) is 11.3 Å². The van der Waals surface area contributed by atoms with E-state index in [4.69, 9.17) is 17.6 Å². The van der Waals surface area contributed by atoms with Gasteiger partial charge in [-0.3, -0.25) is 16.1 Å². The summed E-state index contributed by atoms with van der Waals surface area (Å²) in [6, 6.07) is 15.1. The first-order valence-electron chi connectivity index (χ1n) is 8.23. The Bertz CT molecular complexity index is 899. The predicted molar refractivity (Wildman–Crippen MR) is 99.7 cm³/mol. The van der Waals surface area contributed by atoms with Crippen LogP contribution in [-0.2, 0) is 10.0 Å². The van der Waals surface area contributed by atoms with Crippen LogP contribution in [0.25, 0.3) is 0 Å². The van der Waals surface area contributed by atoms with Crippen molar-refractivity contribution in [1.29, 1.82) is 0 Å². The van der Waals surface area contributed by atoms with E-state index < -0.39 is 15.4 Å². The number of benzene rings is 2. The second-order valence-corrected chi connectivity index (χ2v) is 8.55. The summed E-state index contributed by atoms with van der Waals surface area (Å²) < 4.78 is 25.6. The van der Waals surface area contributed by atoms with Gasteiger partial charge in [0.1, 0.15) is 0 Å². The lowest BCUT2D eigenvalue weighted by atomic mass is 9.59. The molecule has 1 atom stereocenters. The fourth-order valence-corrected chi connectivity index (χ4v) is 4.46. The van der Waals surface area contributed by atoms with E-state index in [0.29, 0.717) is 18.4 Å². The molecule has 1 fully saturated rings. The standard InChI is InChI=1S/C18H20ClN3O3S/c19-22-26(24,25)15-9-4-8-14(12-15)17(23)18(10-5-11-18)16(21-20)13-6-2-1-3-7-13/h1-4,6-9,12,16,21-22H,5,10-11,20H2. The number of sulfonamides is 1. The van der Waals surface area contributed by atoms with Crippen LogP contribution in [0.1, 0.15) is 41.2 Å². The second-order valence-electron chi connectivity index (χ2n) is 6.46. The number of carbonyl (C=O) groups excluding carboxylic acids is 1. The van der Waals surface area contributed by atoms with Crippen LogP contribution in [0.3, 0.4) is 0 Å². The summed E-state index contributed by atoms with van der Waals surface area (Å²) in [7, 11) is -3.84. The summed E-state index contributed by atoms with van der Waals surface area (Å²) in [5, 5.41) is 0. The van der Waals surface area contributed by atoms with Crippen LogP contribution >= 0.6 is 11.8 Å². The van der Waals surface area contributed by atoms with E-state index in [-0.39, 0.29) is 16.7 Å². The summed E-state index contributed by atoms with van der Waals surface area (Å²) in [5.74, 6) is 5.69. The van der Waals surface area contributed by atoms with Crippen LogP contribution in [0.4, 0.5) is 0 Å². The SMILES string of the molecule is NNC(c1ccccc1)C1(C(=O)c2cccc(S(=O)(=O)NCl)c2)CCC1. The quantitative estimate of drug-likeness (QED) is 0.290. The van der Waals surface area contributed by atoms with E-state index in [1.165, 1.54) is 18.2 Å². The Morgan fingerprint density at radius 1 is 1.12 bits per heavy atom. The van der Waals surface area contributed by atoms with Crippen LogP contribution in [-0.4, -0.2) is 14.2 Å². The van der Waals surface area contributed by atoms with Gasteiger partial charge in [0.15, 0.2) is 5.78 Å². The highest BCUT2D eigenvalue weighted by atomic mass is 35.5. The molecule has 1 aliphatic rings. The van der Waals surface area contributed by atoms with Crippen molar-refractivity contribution in [2.75, 3.05) is 0 Å². The lowest BCUT2D eigenvalue weighted by Gasteiger charge is -2.46. The molecule has 0 amide bonds. The van der Waals surface area contributed by atoms with Crippen molar-refractivity contribution < 1.29 is 13.2 Å². The Morgan fingerprint density at radius 2 is 1.81 bits per heavy atom. The average molecular weight is 394 g/mol. The highest BCUT2D eigenvalue weighted by Crippen LogP contribution is 2.52. The third kappa shape index (κ3) is 3.28. The van der Waals surface area contributed by atoms with Gasteiger partial charge in [0, 0.05) is 5.56 Å². The van der Waals surface area contributed by atoms with Crippen LogP contribution in [0.5, 0.6) is 0 Å². The molecule has 2 aromatic rings. The number of hydrogen-bond acceptors (Lipinski definition) is 5. The minimum Gasteiger partial charge on any atom is -0.293 e. The topological polar surface area (TPSA) is 101 Å². The molecule has 0 aromatic heterocycles. The molecule has 6 nitrogen and oxygen atoms in total. The van der Waals surface area contributed by atoms with E-state index in [2.05, 4.69) is 5.43 Å². The molecule has 0 heterocycles. The highest BCUT2D eigenvalue weighted by Gasteiger charge is 2.50. The molecule has 0 saturated heterocycles. The summed E-state index contributed by atoms with van der Waals surface area (Å²) in [4.78, 5) is 13.3. The number of Topliss-reactive ketones (excluding diaryl/α,β-unsaturated/α-hetero) is 1. The maximum Gasteiger partial charge on any atom is 0.253 e. The van der Waals surface area contributed by atoms with Crippen LogP contribution in [0.15, 0.2) is 59.5 Å². The van der Waals surface area contributed by atoms with Crippen molar-refractivity contribution in [3.05, 3.63) is 65.7 Å². The van der Waals surface area contributed by atoms with Gasteiger partial charge in [0.25, 0.3) is 10.0 Å². The molecule has 0 aliphatic heterocycles. The molecule has 1 unspecified atom stereocenters. The zero-order valence-corrected chi connectivity index (χ0v) is 15.6. The maximum atomic E-state index is 13.3. The van der Waals surface area contributed by atoms with E-state index >= 15 is 0 Å².